The van der Waals surface area contributed by atoms with Crippen LogP contribution in [0.2, 0.25) is 0 Å². The van der Waals surface area contributed by atoms with Gasteiger partial charge in [-0.05, 0) is 6.42 Å². The zero-order valence-electron chi connectivity index (χ0n) is 11.8. The fourth-order valence-electron chi connectivity index (χ4n) is 1.90. The van der Waals surface area contributed by atoms with Crippen LogP contribution >= 0.6 is 0 Å². The van der Waals surface area contributed by atoms with E-state index in [2.05, 4.69) is 22.2 Å². The van der Waals surface area contributed by atoms with Crippen molar-refractivity contribution in [3.63, 3.8) is 0 Å². The smallest absolute Gasteiger partial charge is 0.296 e. The van der Waals surface area contributed by atoms with Crippen molar-refractivity contribution in [3.8, 4) is 0 Å². The maximum absolute atomic E-state index is 11.8. The Morgan fingerprint density at radius 2 is 2.11 bits per heavy atom. The number of rotatable bonds is 4. The predicted molar refractivity (Wildman–Crippen MR) is 68.9 cm³/mol. The fraction of sp³-hybridized carbons (Fsp3) is 0.667. The summed E-state index contributed by atoms with van der Waals surface area (Å²) in [6, 6.07) is 0. The van der Waals surface area contributed by atoms with Gasteiger partial charge in [0, 0.05) is 12.0 Å². The van der Waals surface area contributed by atoms with Gasteiger partial charge >= 0.3 is 5.76 Å². The number of hydrogen-bond acceptors (Lipinski definition) is 5. The number of nitrogens with zero attached hydrogens (tertiary/aromatic N) is 5. The Bertz CT molecular complexity index is 602. The summed E-state index contributed by atoms with van der Waals surface area (Å²) in [5.74, 6) is 0.886. The largest absolute Gasteiger partial charge is 0.442 e. The highest BCUT2D eigenvalue weighted by Crippen LogP contribution is 2.19. The van der Waals surface area contributed by atoms with Crippen molar-refractivity contribution in [1.29, 1.82) is 0 Å². The normalized spacial score (nSPS) is 12.0. The Hall–Kier alpha value is -1.92. The van der Waals surface area contributed by atoms with Gasteiger partial charge in [-0.1, -0.05) is 32.9 Å². The summed E-state index contributed by atoms with van der Waals surface area (Å²) in [7, 11) is 0. The van der Waals surface area contributed by atoms with Gasteiger partial charge in [0.2, 0.25) is 0 Å². The second-order valence-electron chi connectivity index (χ2n) is 5.51. The second kappa shape index (κ2) is 4.99. The van der Waals surface area contributed by atoms with E-state index in [0.29, 0.717) is 12.4 Å². The van der Waals surface area contributed by atoms with Crippen LogP contribution in [-0.2, 0) is 18.5 Å². The Balaban J connectivity index is 2.36. The third-order valence-electron chi connectivity index (χ3n) is 2.79. The minimum atomic E-state index is -0.462. The molecule has 0 radical (unpaired) electrons. The molecule has 0 aliphatic heterocycles. The van der Waals surface area contributed by atoms with E-state index in [0.717, 1.165) is 18.8 Å². The zero-order valence-corrected chi connectivity index (χ0v) is 11.8. The molecule has 0 bridgehead atoms. The Morgan fingerprint density at radius 3 is 2.74 bits per heavy atom. The van der Waals surface area contributed by atoms with Gasteiger partial charge in [0.05, 0.1) is 6.54 Å². The molecule has 2 aromatic rings. The lowest BCUT2D eigenvalue weighted by Crippen LogP contribution is -2.26. The molecule has 104 valence electrons. The maximum atomic E-state index is 11.8. The number of aryl methyl sites for hydroxylation is 1. The topological polar surface area (TPSA) is 78.7 Å². The molecule has 7 nitrogen and oxygen atoms in total. The van der Waals surface area contributed by atoms with E-state index < -0.39 is 5.76 Å². The highest BCUT2D eigenvalue weighted by Gasteiger charge is 2.24. The molecule has 0 spiro atoms. The zero-order chi connectivity index (χ0) is 14.0. The average Bonchev–Trinajstić information content (AvgIpc) is 2.88. The van der Waals surface area contributed by atoms with Gasteiger partial charge in [0.25, 0.3) is 0 Å². The lowest BCUT2D eigenvalue weighted by atomic mass is 9.96. The van der Waals surface area contributed by atoms with Crippen molar-refractivity contribution in [2.75, 3.05) is 0 Å². The molecule has 19 heavy (non-hydrogen) atoms. The van der Waals surface area contributed by atoms with E-state index in [4.69, 9.17) is 4.52 Å². The molecule has 2 aromatic heterocycles. The molecular formula is C12H19N5O2. The third kappa shape index (κ3) is 2.74. The van der Waals surface area contributed by atoms with E-state index in [9.17, 15) is 4.79 Å². The Morgan fingerprint density at radius 1 is 1.37 bits per heavy atom. The summed E-state index contributed by atoms with van der Waals surface area (Å²) in [5.41, 5.74) is -0.262. The van der Waals surface area contributed by atoms with E-state index in [1.807, 2.05) is 20.8 Å². The van der Waals surface area contributed by atoms with Gasteiger partial charge in [0.15, 0.2) is 5.82 Å². The monoisotopic (exact) mass is 265 g/mol. The average molecular weight is 265 g/mol. The van der Waals surface area contributed by atoms with Crippen molar-refractivity contribution in [2.45, 2.75) is 52.6 Å². The lowest BCUT2D eigenvalue weighted by Gasteiger charge is -2.16. The van der Waals surface area contributed by atoms with Crippen LogP contribution in [0.4, 0.5) is 0 Å². The van der Waals surface area contributed by atoms with Crippen LogP contribution in [-0.4, -0.2) is 24.5 Å². The second-order valence-corrected chi connectivity index (χ2v) is 5.51. The molecule has 0 saturated carbocycles. The predicted octanol–water partition coefficient (Wildman–Crippen LogP) is 1.18. The highest BCUT2D eigenvalue weighted by molar-refractivity contribution is 5.02. The lowest BCUT2D eigenvalue weighted by molar-refractivity contribution is 0.366. The summed E-state index contributed by atoms with van der Waals surface area (Å²) in [5, 5.41) is 8.01. The maximum Gasteiger partial charge on any atom is 0.442 e. The SMILES string of the molecule is CCCn1ncnc1Cn1c(C(C)(C)C)noc1=O. The third-order valence-corrected chi connectivity index (χ3v) is 2.79. The standard InChI is InChI=1S/C12H19N5O2/c1-5-6-17-9(13-8-14-17)7-16-10(12(2,3)4)15-19-11(16)18/h8H,5-7H2,1-4H3. The minimum absolute atomic E-state index is 0.262. The quantitative estimate of drug-likeness (QED) is 0.829. The highest BCUT2D eigenvalue weighted by atomic mass is 16.5. The van der Waals surface area contributed by atoms with Crippen molar-refractivity contribution >= 4 is 0 Å². The van der Waals surface area contributed by atoms with Gasteiger partial charge in [0.1, 0.15) is 12.2 Å². The molecule has 2 rings (SSSR count). The molecule has 0 fully saturated rings. The summed E-state index contributed by atoms with van der Waals surface area (Å²) >= 11 is 0. The molecule has 0 atom stereocenters. The van der Waals surface area contributed by atoms with Gasteiger partial charge in [-0.3, -0.25) is 9.09 Å². The molecule has 0 saturated heterocycles. The fourth-order valence-corrected chi connectivity index (χ4v) is 1.90. The molecule has 0 aromatic carbocycles. The van der Waals surface area contributed by atoms with Crippen LogP contribution in [0.5, 0.6) is 0 Å². The first-order valence-electron chi connectivity index (χ1n) is 6.37. The summed E-state index contributed by atoms with van der Waals surface area (Å²) in [4.78, 5) is 16.0. The van der Waals surface area contributed by atoms with Crippen molar-refractivity contribution in [1.82, 2.24) is 24.5 Å². The first kappa shape index (κ1) is 13.5. The molecule has 0 aliphatic rings. The van der Waals surface area contributed by atoms with Crippen LogP contribution in [0.15, 0.2) is 15.6 Å². The molecule has 0 amide bonds. The first-order valence-corrected chi connectivity index (χ1v) is 6.37. The van der Waals surface area contributed by atoms with E-state index in [1.54, 1.807) is 4.68 Å². The molecule has 0 N–H and O–H groups in total. The first-order chi connectivity index (χ1) is 8.93. The van der Waals surface area contributed by atoms with Gasteiger partial charge < -0.3 is 0 Å². The molecular weight excluding hydrogens is 246 g/mol. The van der Waals surface area contributed by atoms with Gasteiger partial charge in [-0.2, -0.15) is 5.10 Å². The van der Waals surface area contributed by atoms with Gasteiger partial charge in [-0.15, -0.1) is 0 Å². The molecule has 7 heteroatoms. The summed E-state index contributed by atoms with van der Waals surface area (Å²) in [6.45, 7) is 9.12. The van der Waals surface area contributed by atoms with Crippen LogP contribution in [0.3, 0.4) is 0 Å². The van der Waals surface area contributed by atoms with E-state index in [-0.39, 0.29) is 5.41 Å². The summed E-state index contributed by atoms with van der Waals surface area (Å²) < 4.78 is 8.08. The van der Waals surface area contributed by atoms with Crippen LogP contribution in [0.1, 0.15) is 45.8 Å². The molecule has 0 aliphatic carbocycles. The molecule has 2 heterocycles. The number of aromatic nitrogens is 5. The number of hydrogen-bond donors (Lipinski definition) is 0. The van der Waals surface area contributed by atoms with Crippen LogP contribution < -0.4 is 5.76 Å². The van der Waals surface area contributed by atoms with Crippen molar-refractivity contribution in [3.05, 3.63) is 28.5 Å². The van der Waals surface area contributed by atoms with Crippen molar-refractivity contribution in [2.24, 2.45) is 0 Å². The Kier molecular flexibility index (Phi) is 3.55. The van der Waals surface area contributed by atoms with Crippen molar-refractivity contribution < 1.29 is 4.52 Å². The summed E-state index contributed by atoms with van der Waals surface area (Å²) in [6.07, 6.45) is 2.46. The van der Waals surface area contributed by atoms with Crippen LogP contribution in [0, 0.1) is 0 Å². The minimum Gasteiger partial charge on any atom is -0.296 e. The molecule has 0 unspecified atom stereocenters. The van der Waals surface area contributed by atoms with Gasteiger partial charge in [-0.25, -0.2) is 14.5 Å². The Labute approximate surface area is 111 Å². The van der Waals surface area contributed by atoms with E-state index >= 15 is 0 Å². The van der Waals surface area contributed by atoms with Crippen LogP contribution in [0.25, 0.3) is 0 Å². The van der Waals surface area contributed by atoms with E-state index in [1.165, 1.54) is 10.9 Å².